The van der Waals surface area contributed by atoms with Crippen molar-refractivity contribution in [2.24, 2.45) is 5.73 Å². The van der Waals surface area contributed by atoms with Gasteiger partial charge in [0.05, 0.1) is 0 Å². The van der Waals surface area contributed by atoms with Gasteiger partial charge in [0.15, 0.2) is 0 Å². The third-order valence-corrected chi connectivity index (χ3v) is 2.78. The highest BCUT2D eigenvalue weighted by Crippen LogP contribution is 2.27. The van der Waals surface area contributed by atoms with Crippen LogP contribution >= 0.6 is 0 Å². The molecule has 0 aliphatic carbocycles. The predicted molar refractivity (Wildman–Crippen MR) is 64.8 cm³/mol. The fraction of sp³-hybridized carbons (Fsp3) is 0.462. The zero-order chi connectivity index (χ0) is 12.1. The van der Waals surface area contributed by atoms with Crippen LogP contribution in [0.5, 0.6) is 5.75 Å². The summed E-state index contributed by atoms with van der Waals surface area (Å²) < 4.78 is 5.52. The summed E-state index contributed by atoms with van der Waals surface area (Å²) in [6.07, 6.45) is 0. The van der Waals surface area contributed by atoms with Crippen molar-refractivity contribution in [2.45, 2.75) is 26.7 Å². The van der Waals surface area contributed by atoms with Crippen molar-refractivity contribution in [3.63, 3.8) is 0 Å². The molecule has 1 unspecified atom stereocenters. The SMILES string of the molecule is CC(=O)C(C)c1cccc(OCCN)c1C. The number of hydrogen-bond acceptors (Lipinski definition) is 3. The van der Waals surface area contributed by atoms with Crippen LogP contribution in [0.3, 0.4) is 0 Å². The minimum Gasteiger partial charge on any atom is -0.492 e. The van der Waals surface area contributed by atoms with Gasteiger partial charge >= 0.3 is 0 Å². The highest BCUT2D eigenvalue weighted by atomic mass is 16.5. The van der Waals surface area contributed by atoms with E-state index < -0.39 is 0 Å². The predicted octanol–water partition coefficient (Wildman–Crippen LogP) is 2.03. The van der Waals surface area contributed by atoms with E-state index in [1.54, 1.807) is 6.92 Å². The van der Waals surface area contributed by atoms with Crippen LogP contribution < -0.4 is 10.5 Å². The summed E-state index contributed by atoms with van der Waals surface area (Å²) in [7, 11) is 0. The number of carbonyl (C=O) groups excluding carboxylic acids is 1. The molecule has 16 heavy (non-hydrogen) atoms. The van der Waals surface area contributed by atoms with Crippen LogP contribution in [0, 0.1) is 6.92 Å². The Labute approximate surface area is 96.6 Å². The fourth-order valence-electron chi connectivity index (χ4n) is 1.64. The molecule has 0 saturated carbocycles. The quantitative estimate of drug-likeness (QED) is 0.827. The lowest BCUT2D eigenvalue weighted by molar-refractivity contribution is -0.118. The second kappa shape index (κ2) is 5.66. The third kappa shape index (κ3) is 2.83. The molecule has 1 aromatic rings. The minimum absolute atomic E-state index is 0.0820. The van der Waals surface area contributed by atoms with E-state index in [4.69, 9.17) is 10.5 Å². The lowest BCUT2D eigenvalue weighted by Crippen LogP contribution is -2.12. The molecule has 1 atom stereocenters. The normalized spacial score (nSPS) is 12.2. The molecule has 88 valence electrons. The molecule has 0 heterocycles. The molecular weight excluding hydrogens is 202 g/mol. The van der Waals surface area contributed by atoms with Crippen molar-refractivity contribution < 1.29 is 9.53 Å². The van der Waals surface area contributed by atoms with Crippen LogP contribution in [0.2, 0.25) is 0 Å². The molecule has 3 heteroatoms. The average molecular weight is 221 g/mol. The molecule has 2 N–H and O–H groups in total. The Morgan fingerprint density at radius 3 is 2.75 bits per heavy atom. The van der Waals surface area contributed by atoms with Crippen molar-refractivity contribution >= 4 is 5.78 Å². The van der Waals surface area contributed by atoms with Crippen LogP contribution in [0.4, 0.5) is 0 Å². The van der Waals surface area contributed by atoms with Crippen LogP contribution in [0.25, 0.3) is 0 Å². The molecule has 3 nitrogen and oxygen atoms in total. The van der Waals surface area contributed by atoms with Gasteiger partial charge in [-0.3, -0.25) is 4.79 Å². The van der Waals surface area contributed by atoms with E-state index in [9.17, 15) is 4.79 Å². The van der Waals surface area contributed by atoms with Crippen molar-refractivity contribution in [1.29, 1.82) is 0 Å². The zero-order valence-corrected chi connectivity index (χ0v) is 10.1. The molecule has 0 bridgehead atoms. The van der Waals surface area contributed by atoms with E-state index in [0.29, 0.717) is 13.2 Å². The Kier molecular flexibility index (Phi) is 4.50. The van der Waals surface area contributed by atoms with Gasteiger partial charge in [-0.1, -0.05) is 19.1 Å². The standard InChI is InChI=1S/C13H19NO2/c1-9(11(3)15)12-5-4-6-13(10(12)2)16-8-7-14/h4-6,9H,7-8,14H2,1-3H3. The molecule has 1 rings (SSSR count). The zero-order valence-electron chi connectivity index (χ0n) is 10.1. The van der Waals surface area contributed by atoms with Crippen LogP contribution in [-0.2, 0) is 4.79 Å². The second-order valence-electron chi connectivity index (χ2n) is 3.94. The molecule has 1 aromatic carbocycles. The first-order chi connectivity index (χ1) is 7.57. The molecule has 0 aromatic heterocycles. The van der Waals surface area contributed by atoms with E-state index in [-0.39, 0.29) is 11.7 Å². The molecule has 0 saturated heterocycles. The maximum absolute atomic E-state index is 11.4. The Bertz CT molecular complexity index is 374. The molecule has 0 amide bonds. The molecular formula is C13H19NO2. The molecule has 0 aliphatic heterocycles. The third-order valence-electron chi connectivity index (χ3n) is 2.78. The largest absolute Gasteiger partial charge is 0.492 e. The van der Waals surface area contributed by atoms with E-state index >= 15 is 0 Å². The number of ketones is 1. The van der Waals surface area contributed by atoms with Gasteiger partial charge in [-0.15, -0.1) is 0 Å². The van der Waals surface area contributed by atoms with Gasteiger partial charge in [-0.25, -0.2) is 0 Å². The maximum Gasteiger partial charge on any atom is 0.137 e. The van der Waals surface area contributed by atoms with E-state index in [1.807, 2.05) is 32.0 Å². The van der Waals surface area contributed by atoms with Gasteiger partial charge < -0.3 is 10.5 Å². The van der Waals surface area contributed by atoms with Gasteiger partial charge in [-0.2, -0.15) is 0 Å². The van der Waals surface area contributed by atoms with Gasteiger partial charge in [0.2, 0.25) is 0 Å². The first-order valence-corrected chi connectivity index (χ1v) is 5.50. The van der Waals surface area contributed by atoms with Crippen LogP contribution in [-0.4, -0.2) is 18.9 Å². The highest BCUT2D eigenvalue weighted by Gasteiger charge is 2.15. The summed E-state index contributed by atoms with van der Waals surface area (Å²) in [4.78, 5) is 11.4. The van der Waals surface area contributed by atoms with Crippen molar-refractivity contribution in [2.75, 3.05) is 13.2 Å². The van der Waals surface area contributed by atoms with Crippen molar-refractivity contribution in [1.82, 2.24) is 0 Å². The van der Waals surface area contributed by atoms with E-state index in [0.717, 1.165) is 16.9 Å². The summed E-state index contributed by atoms with van der Waals surface area (Å²) in [5, 5.41) is 0. The number of carbonyl (C=O) groups is 1. The molecule has 0 spiro atoms. The summed E-state index contributed by atoms with van der Waals surface area (Å²) in [6, 6.07) is 5.78. The summed E-state index contributed by atoms with van der Waals surface area (Å²) in [5.41, 5.74) is 7.45. The highest BCUT2D eigenvalue weighted by molar-refractivity contribution is 5.83. The van der Waals surface area contributed by atoms with Gasteiger partial charge in [-0.05, 0) is 31.0 Å². The summed E-state index contributed by atoms with van der Waals surface area (Å²) in [6.45, 7) is 6.49. The molecule has 0 aliphatic rings. The number of nitrogens with two attached hydrogens (primary N) is 1. The smallest absolute Gasteiger partial charge is 0.137 e. The molecule has 0 fully saturated rings. The van der Waals surface area contributed by atoms with E-state index in [1.165, 1.54) is 0 Å². The van der Waals surface area contributed by atoms with Crippen molar-refractivity contribution in [3.05, 3.63) is 29.3 Å². The summed E-state index contributed by atoms with van der Waals surface area (Å²) >= 11 is 0. The van der Waals surface area contributed by atoms with E-state index in [2.05, 4.69) is 0 Å². The number of rotatable bonds is 5. The average Bonchev–Trinajstić information content (AvgIpc) is 2.26. The fourth-order valence-corrected chi connectivity index (χ4v) is 1.64. The Hall–Kier alpha value is -1.35. The Morgan fingerprint density at radius 1 is 1.50 bits per heavy atom. The minimum atomic E-state index is -0.0820. The van der Waals surface area contributed by atoms with Gasteiger partial charge in [0.1, 0.15) is 18.1 Å². The first kappa shape index (κ1) is 12.7. The first-order valence-electron chi connectivity index (χ1n) is 5.50. The maximum atomic E-state index is 11.4. The lowest BCUT2D eigenvalue weighted by Gasteiger charge is -2.15. The van der Waals surface area contributed by atoms with Crippen molar-refractivity contribution in [3.8, 4) is 5.75 Å². The topological polar surface area (TPSA) is 52.3 Å². The Morgan fingerprint density at radius 2 is 2.19 bits per heavy atom. The number of hydrogen-bond donors (Lipinski definition) is 1. The van der Waals surface area contributed by atoms with Crippen LogP contribution in [0.1, 0.15) is 30.9 Å². The second-order valence-corrected chi connectivity index (χ2v) is 3.94. The Balaban J connectivity index is 2.98. The van der Waals surface area contributed by atoms with Gasteiger partial charge in [0, 0.05) is 12.5 Å². The van der Waals surface area contributed by atoms with Crippen LogP contribution in [0.15, 0.2) is 18.2 Å². The van der Waals surface area contributed by atoms with Gasteiger partial charge in [0.25, 0.3) is 0 Å². The molecule has 0 radical (unpaired) electrons. The lowest BCUT2D eigenvalue weighted by atomic mass is 9.93. The number of ether oxygens (including phenoxy) is 1. The number of Topliss-reactive ketones (excluding diaryl/α,β-unsaturated/α-hetero) is 1. The summed E-state index contributed by atoms with van der Waals surface area (Å²) in [5.74, 6) is 0.900. The monoisotopic (exact) mass is 221 g/mol. The number of benzene rings is 1.